The van der Waals surface area contributed by atoms with Crippen molar-refractivity contribution in [1.82, 2.24) is 20.3 Å². The minimum Gasteiger partial charge on any atom is -0.341 e. The topological polar surface area (TPSA) is 119 Å². The Morgan fingerprint density at radius 2 is 1.59 bits per heavy atom. The average molecular weight is 501 g/mol. The second-order valence-corrected chi connectivity index (χ2v) is 9.34. The first-order chi connectivity index (χ1) is 18.0. The minimum atomic E-state index is -0.662. The molecule has 10 heteroatoms. The van der Waals surface area contributed by atoms with Crippen LogP contribution < -0.4 is 15.3 Å². The molecular weight excluding hydrogens is 472 g/mol. The molecule has 3 heterocycles. The number of amides is 4. The number of anilines is 2. The Kier molecular flexibility index (Phi) is 6.82. The molecule has 0 saturated carbocycles. The van der Waals surface area contributed by atoms with E-state index in [1.165, 1.54) is 17.3 Å². The van der Waals surface area contributed by atoms with E-state index in [-0.39, 0.29) is 23.4 Å². The summed E-state index contributed by atoms with van der Waals surface area (Å²) in [6.07, 6.45) is 4.38. The van der Waals surface area contributed by atoms with Crippen molar-refractivity contribution in [1.29, 1.82) is 0 Å². The Hall–Kier alpha value is -4.31. The van der Waals surface area contributed by atoms with Crippen LogP contribution in [0.4, 0.5) is 16.4 Å². The summed E-state index contributed by atoms with van der Waals surface area (Å²) in [7, 11) is 0. The summed E-state index contributed by atoms with van der Waals surface area (Å²) < 4.78 is 0. The van der Waals surface area contributed by atoms with Gasteiger partial charge in [0.2, 0.25) is 5.95 Å². The van der Waals surface area contributed by atoms with E-state index in [0.29, 0.717) is 31.3 Å². The Morgan fingerprint density at radius 1 is 0.973 bits per heavy atom. The molecule has 0 aliphatic carbocycles. The summed E-state index contributed by atoms with van der Waals surface area (Å²) in [5.41, 5.74) is 4.41. The van der Waals surface area contributed by atoms with E-state index in [1.807, 2.05) is 59.5 Å². The average Bonchev–Trinajstić information content (AvgIpc) is 3.16. The summed E-state index contributed by atoms with van der Waals surface area (Å²) in [5.74, 6) is -0.116. The maximum atomic E-state index is 13.3. The smallest absolute Gasteiger partial charge is 0.332 e. The predicted octanol–water partition coefficient (Wildman–Crippen LogP) is 3.34. The summed E-state index contributed by atoms with van der Waals surface area (Å²) >= 11 is 0. The van der Waals surface area contributed by atoms with Crippen LogP contribution in [0.15, 0.2) is 67.0 Å². The zero-order valence-corrected chi connectivity index (χ0v) is 20.4. The second kappa shape index (κ2) is 10.4. The van der Waals surface area contributed by atoms with Gasteiger partial charge in [0.05, 0.1) is 11.3 Å². The lowest BCUT2D eigenvalue weighted by atomic mass is 9.96. The minimum absolute atomic E-state index is 0.173. The first-order valence-electron chi connectivity index (χ1n) is 12.3. The van der Waals surface area contributed by atoms with Crippen LogP contribution in [-0.2, 0) is 4.79 Å². The van der Waals surface area contributed by atoms with Crippen LogP contribution in [0, 0.1) is 5.92 Å². The van der Waals surface area contributed by atoms with Gasteiger partial charge in [-0.2, -0.15) is 0 Å². The highest BCUT2D eigenvalue weighted by Crippen LogP contribution is 2.30. The molecule has 5 rings (SSSR count). The van der Waals surface area contributed by atoms with Gasteiger partial charge >= 0.3 is 6.03 Å². The lowest BCUT2D eigenvalue weighted by molar-refractivity contribution is -0.119. The van der Waals surface area contributed by atoms with E-state index in [0.717, 1.165) is 24.0 Å². The molecular formula is C27H28N6O4. The number of aromatic nitrogens is 2. The van der Waals surface area contributed by atoms with Crippen molar-refractivity contribution in [2.45, 2.75) is 25.8 Å². The van der Waals surface area contributed by atoms with Crippen LogP contribution in [0.2, 0.25) is 0 Å². The fourth-order valence-electron chi connectivity index (χ4n) is 4.88. The lowest BCUT2D eigenvalue weighted by Gasteiger charge is -2.34. The molecule has 2 fully saturated rings. The van der Waals surface area contributed by atoms with Crippen molar-refractivity contribution >= 4 is 29.5 Å². The molecule has 2 aliphatic heterocycles. The summed E-state index contributed by atoms with van der Waals surface area (Å²) in [6.45, 7) is 3.69. The van der Waals surface area contributed by atoms with E-state index in [9.17, 15) is 14.4 Å². The van der Waals surface area contributed by atoms with Gasteiger partial charge in [0.15, 0.2) is 0 Å². The van der Waals surface area contributed by atoms with Gasteiger partial charge in [0.1, 0.15) is 6.04 Å². The number of carbonyl (C=O) groups is 3. The van der Waals surface area contributed by atoms with E-state index >= 15 is 0 Å². The van der Waals surface area contributed by atoms with Gasteiger partial charge in [-0.3, -0.25) is 14.8 Å². The third-order valence-corrected chi connectivity index (χ3v) is 7.07. The highest BCUT2D eigenvalue weighted by Gasteiger charge is 2.44. The number of hydrogen-bond donors (Lipinski definition) is 2. The van der Waals surface area contributed by atoms with Crippen LogP contribution in [0.3, 0.4) is 0 Å². The number of nitrogens with one attached hydrogen (secondary N) is 1. The molecule has 2 saturated heterocycles. The largest absolute Gasteiger partial charge is 0.341 e. The fraction of sp³-hybridized carbons (Fsp3) is 0.296. The number of benzene rings is 2. The van der Waals surface area contributed by atoms with E-state index < -0.39 is 11.9 Å². The van der Waals surface area contributed by atoms with Crippen molar-refractivity contribution in [3.8, 4) is 11.1 Å². The molecule has 10 nitrogen and oxygen atoms in total. The van der Waals surface area contributed by atoms with Gasteiger partial charge in [-0.15, -0.1) is 0 Å². The number of hydrogen-bond acceptors (Lipinski definition) is 7. The van der Waals surface area contributed by atoms with Crippen LogP contribution in [0.5, 0.6) is 0 Å². The molecule has 0 bridgehead atoms. The molecule has 4 amide bonds. The van der Waals surface area contributed by atoms with Gasteiger partial charge < -0.3 is 9.80 Å². The van der Waals surface area contributed by atoms with Crippen molar-refractivity contribution < 1.29 is 19.6 Å². The van der Waals surface area contributed by atoms with Gasteiger partial charge in [-0.1, -0.05) is 42.5 Å². The SMILES string of the molecule is CC1C(=O)N(c2ccc(-c3ccccc3)cc2)C(=O)N1CC1CCN(c2ncc(C(=O)NO)cn2)CC1. The number of urea groups is 1. The van der Waals surface area contributed by atoms with E-state index in [4.69, 9.17) is 5.21 Å². The third kappa shape index (κ3) is 4.88. The Bertz CT molecular complexity index is 1270. The molecule has 37 heavy (non-hydrogen) atoms. The quantitative estimate of drug-likeness (QED) is 0.303. The highest BCUT2D eigenvalue weighted by atomic mass is 16.5. The summed E-state index contributed by atoms with van der Waals surface area (Å²) in [5, 5.41) is 8.72. The third-order valence-electron chi connectivity index (χ3n) is 7.07. The maximum absolute atomic E-state index is 13.3. The van der Waals surface area contributed by atoms with Crippen LogP contribution in [0.25, 0.3) is 11.1 Å². The van der Waals surface area contributed by atoms with Gasteiger partial charge in [-0.25, -0.2) is 25.1 Å². The monoisotopic (exact) mass is 500 g/mol. The number of nitrogens with zero attached hydrogens (tertiary/aromatic N) is 5. The molecule has 1 atom stereocenters. The Balaban J connectivity index is 1.20. The molecule has 190 valence electrons. The molecule has 1 aromatic heterocycles. The molecule has 0 radical (unpaired) electrons. The van der Waals surface area contributed by atoms with Crippen LogP contribution >= 0.6 is 0 Å². The van der Waals surface area contributed by atoms with Crippen molar-refractivity contribution in [3.63, 3.8) is 0 Å². The fourth-order valence-corrected chi connectivity index (χ4v) is 4.88. The maximum Gasteiger partial charge on any atom is 0.332 e. The predicted molar refractivity (Wildman–Crippen MR) is 137 cm³/mol. The lowest BCUT2D eigenvalue weighted by Crippen LogP contribution is -2.42. The van der Waals surface area contributed by atoms with Gasteiger partial charge in [-0.05, 0) is 48.9 Å². The molecule has 2 aromatic carbocycles. The van der Waals surface area contributed by atoms with E-state index in [1.54, 1.807) is 17.3 Å². The summed E-state index contributed by atoms with van der Waals surface area (Å²) in [6, 6.07) is 16.7. The first-order valence-corrected chi connectivity index (χ1v) is 12.3. The molecule has 2 N–H and O–H groups in total. The van der Waals surface area contributed by atoms with E-state index in [2.05, 4.69) is 9.97 Å². The number of carbonyl (C=O) groups excluding carboxylic acids is 3. The highest BCUT2D eigenvalue weighted by molar-refractivity contribution is 6.21. The van der Waals surface area contributed by atoms with Crippen LogP contribution in [0.1, 0.15) is 30.1 Å². The summed E-state index contributed by atoms with van der Waals surface area (Å²) in [4.78, 5) is 51.3. The van der Waals surface area contributed by atoms with Crippen molar-refractivity contribution in [3.05, 3.63) is 72.6 Å². The van der Waals surface area contributed by atoms with Crippen molar-refractivity contribution in [2.24, 2.45) is 5.92 Å². The van der Waals surface area contributed by atoms with Crippen molar-refractivity contribution in [2.75, 3.05) is 29.4 Å². The number of imide groups is 1. The Morgan fingerprint density at radius 3 is 2.22 bits per heavy atom. The second-order valence-electron chi connectivity index (χ2n) is 9.34. The van der Waals surface area contributed by atoms with Gasteiger partial charge in [0, 0.05) is 32.0 Å². The Labute approximate surface area is 214 Å². The number of piperidine rings is 1. The van der Waals surface area contributed by atoms with Gasteiger partial charge in [0.25, 0.3) is 11.8 Å². The zero-order chi connectivity index (χ0) is 25.9. The first kappa shape index (κ1) is 24.4. The molecule has 1 unspecified atom stereocenters. The number of hydroxylamine groups is 1. The van der Waals surface area contributed by atoms with Crippen LogP contribution in [-0.4, -0.2) is 63.6 Å². The zero-order valence-electron chi connectivity index (χ0n) is 20.4. The normalized spacial score (nSPS) is 18.4. The molecule has 0 spiro atoms. The standard InChI is InChI=1S/C27H28N6O4/c1-18-25(35)33(23-9-7-21(8-10-23)20-5-3-2-4-6-20)27(36)32(18)17-19-11-13-31(14-12-19)26-28-15-22(16-29-26)24(34)30-37/h2-10,15-16,18-19,37H,11-14,17H2,1H3,(H,30,34). The molecule has 2 aliphatic rings. The number of rotatable bonds is 6. The molecule has 3 aromatic rings.